The molecular formula is C16H12BrN3O2S. The van der Waals surface area contributed by atoms with Crippen LogP contribution in [0.4, 0.5) is 5.13 Å². The number of benzene rings is 2. The number of ether oxygens (including phenoxy) is 1. The van der Waals surface area contributed by atoms with E-state index in [1.165, 1.54) is 0 Å². The average molecular weight is 390 g/mol. The summed E-state index contributed by atoms with van der Waals surface area (Å²) in [6, 6.07) is 14.6. The molecule has 2 aromatic carbocycles. The molecule has 0 aliphatic carbocycles. The van der Waals surface area contributed by atoms with Gasteiger partial charge in [0, 0.05) is 27.1 Å². The van der Waals surface area contributed by atoms with Crippen molar-refractivity contribution in [2.24, 2.45) is 0 Å². The summed E-state index contributed by atoms with van der Waals surface area (Å²) < 4.78 is 10.3. The van der Waals surface area contributed by atoms with Crippen LogP contribution >= 0.6 is 27.5 Å². The molecular weight excluding hydrogens is 378 g/mol. The van der Waals surface area contributed by atoms with Crippen molar-refractivity contribution in [3.05, 3.63) is 58.6 Å². The Bertz CT molecular complexity index is 816. The van der Waals surface area contributed by atoms with Gasteiger partial charge in [0.15, 0.2) is 5.82 Å². The van der Waals surface area contributed by atoms with Gasteiger partial charge in [0.2, 0.25) is 5.13 Å². The highest BCUT2D eigenvalue weighted by atomic mass is 79.9. The van der Waals surface area contributed by atoms with Crippen LogP contribution < -0.4 is 10.1 Å². The molecule has 1 heterocycles. The number of hydrogen-bond donors (Lipinski definition) is 1. The minimum Gasteiger partial charge on any atom is -0.497 e. The van der Waals surface area contributed by atoms with Crippen molar-refractivity contribution in [1.29, 1.82) is 0 Å². The Morgan fingerprint density at radius 3 is 2.48 bits per heavy atom. The first-order valence-electron chi connectivity index (χ1n) is 6.71. The number of methoxy groups -OCH3 is 1. The lowest BCUT2D eigenvalue weighted by Gasteiger charge is -2.01. The van der Waals surface area contributed by atoms with E-state index in [4.69, 9.17) is 4.74 Å². The predicted molar refractivity (Wildman–Crippen MR) is 94.0 cm³/mol. The van der Waals surface area contributed by atoms with Gasteiger partial charge in [0.25, 0.3) is 5.91 Å². The fourth-order valence-corrected chi connectivity index (χ4v) is 2.75. The van der Waals surface area contributed by atoms with Gasteiger partial charge in [-0.15, -0.1) is 0 Å². The molecule has 3 rings (SSSR count). The molecule has 0 atom stereocenters. The third kappa shape index (κ3) is 3.75. The van der Waals surface area contributed by atoms with Crippen molar-refractivity contribution < 1.29 is 9.53 Å². The topological polar surface area (TPSA) is 64.1 Å². The van der Waals surface area contributed by atoms with E-state index in [0.29, 0.717) is 16.5 Å². The van der Waals surface area contributed by atoms with Crippen LogP contribution in [0.2, 0.25) is 0 Å². The second-order valence-electron chi connectivity index (χ2n) is 4.61. The molecule has 0 bridgehead atoms. The first-order valence-corrected chi connectivity index (χ1v) is 8.27. The molecule has 0 radical (unpaired) electrons. The number of rotatable bonds is 4. The minimum absolute atomic E-state index is 0.213. The van der Waals surface area contributed by atoms with Crippen LogP contribution in [-0.4, -0.2) is 22.4 Å². The number of hydrogen-bond acceptors (Lipinski definition) is 5. The van der Waals surface area contributed by atoms with E-state index in [2.05, 4.69) is 30.6 Å². The Labute approximate surface area is 145 Å². The maximum atomic E-state index is 12.2. The quantitative estimate of drug-likeness (QED) is 0.724. The van der Waals surface area contributed by atoms with Crippen molar-refractivity contribution in [2.45, 2.75) is 0 Å². The Morgan fingerprint density at radius 1 is 1.13 bits per heavy atom. The van der Waals surface area contributed by atoms with E-state index in [0.717, 1.165) is 27.3 Å². The molecule has 0 fully saturated rings. The molecule has 23 heavy (non-hydrogen) atoms. The molecule has 1 amide bonds. The Kier molecular flexibility index (Phi) is 4.68. The monoisotopic (exact) mass is 389 g/mol. The minimum atomic E-state index is -0.213. The summed E-state index contributed by atoms with van der Waals surface area (Å²) in [5.41, 5.74) is 1.43. The lowest BCUT2D eigenvalue weighted by molar-refractivity contribution is 0.102. The maximum absolute atomic E-state index is 12.2. The molecule has 0 spiro atoms. The van der Waals surface area contributed by atoms with Crippen molar-refractivity contribution >= 4 is 38.5 Å². The molecule has 0 saturated carbocycles. The number of nitrogens with zero attached hydrogens (tertiary/aromatic N) is 2. The van der Waals surface area contributed by atoms with Crippen molar-refractivity contribution in [3.8, 4) is 17.1 Å². The van der Waals surface area contributed by atoms with E-state index in [1.54, 1.807) is 19.2 Å². The van der Waals surface area contributed by atoms with Gasteiger partial charge in [-0.2, -0.15) is 9.36 Å². The summed E-state index contributed by atoms with van der Waals surface area (Å²) in [6.07, 6.45) is 0. The van der Waals surface area contributed by atoms with Crippen LogP contribution in [0, 0.1) is 0 Å². The van der Waals surface area contributed by atoms with Crippen LogP contribution in [0.15, 0.2) is 53.0 Å². The van der Waals surface area contributed by atoms with E-state index >= 15 is 0 Å². The first-order chi connectivity index (χ1) is 11.2. The number of nitrogens with one attached hydrogen (secondary N) is 1. The average Bonchev–Trinajstić information content (AvgIpc) is 3.04. The zero-order valence-electron chi connectivity index (χ0n) is 12.1. The Balaban J connectivity index is 1.73. The van der Waals surface area contributed by atoms with Gasteiger partial charge < -0.3 is 4.74 Å². The Morgan fingerprint density at radius 2 is 1.83 bits per heavy atom. The largest absolute Gasteiger partial charge is 0.497 e. The van der Waals surface area contributed by atoms with Gasteiger partial charge in [-0.05, 0) is 48.5 Å². The summed E-state index contributed by atoms with van der Waals surface area (Å²) in [5.74, 6) is 1.13. The third-order valence-electron chi connectivity index (χ3n) is 3.10. The molecule has 0 unspecified atom stereocenters. The standard InChI is InChI=1S/C16H12BrN3O2S/c1-22-13-8-4-10(5-9-13)14-18-16(23-20-14)19-15(21)11-2-6-12(17)7-3-11/h2-9H,1H3,(H,18,19,20,21). The van der Waals surface area contributed by atoms with Gasteiger partial charge in [0.05, 0.1) is 7.11 Å². The van der Waals surface area contributed by atoms with Crippen molar-refractivity contribution in [3.63, 3.8) is 0 Å². The van der Waals surface area contributed by atoms with E-state index in [-0.39, 0.29) is 5.91 Å². The van der Waals surface area contributed by atoms with E-state index < -0.39 is 0 Å². The van der Waals surface area contributed by atoms with Crippen molar-refractivity contribution in [2.75, 3.05) is 12.4 Å². The molecule has 116 valence electrons. The fraction of sp³-hybridized carbons (Fsp3) is 0.0625. The second-order valence-corrected chi connectivity index (χ2v) is 6.28. The molecule has 0 saturated heterocycles. The number of aromatic nitrogens is 2. The lowest BCUT2D eigenvalue weighted by Crippen LogP contribution is -2.11. The summed E-state index contributed by atoms with van der Waals surface area (Å²) in [6.45, 7) is 0. The van der Waals surface area contributed by atoms with Gasteiger partial charge in [0.1, 0.15) is 5.75 Å². The van der Waals surface area contributed by atoms with Gasteiger partial charge in [-0.3, -0.25) is 10.1 Å². The molecule has 7 heteroatoms. The highest BCUT2D eigenvalue weighted by Gasteiger charge is 2.11. The molecule has 1 N–H and O–H groups in total. The van der Waals surface area contributed by atoms with Crippen LogP contribution in [-0.2, 0) is 0 Å². The zero-order valence-corrected chi connectivity index (χ0v) is 14.5. The molecule has 3 aromatic rings. The second kappa shape index (κ2) is 6.89. The maximum Gasteiger partial charge on any atom is 0.257 e. The van der Waals surface area contributed by atoms with Crippen LogP contribution in [0.3, 0.4) is 0 Å². The summed E-state index contributed by atoms with van der Waals surface area (Å²) in [7, 11) is 1.62. The molecule has 1 aromatic heterocycles. The van der Waals surface area contributed by atoms with Crippen LogP contribution in [0.1, 0.15) is 10.4 Å². The highest BCUT2D eigenvalue weighted by molar-refractivity contribution is 9.10. The number of carbonyl (C=O) groups is 1. The molecule has 5 nitrogen and oxygen atoms in total. The van der Waals surface area contributed by atoms with Gasteiger partial charge in [-0.25, -0.2) is 0 Å². The molecule has 0 aliphatic rings. The number of halogens is 1. The summed E-state index contributed by atoms with van der Waals surface area (Å²) in [5, 5.41) is 3.22. The normalized spacial score (nSPS) is 10.3. The van der Waals surface area contributed by atoms with E-state index in [1.807, 2.05) is 36.4 Å². The summed E-state index contributed by atoms with van der Waals surface area (Å²) >= 11 is 4.49. The SMILES string of the molecule is COc1ccc(-c2nsc(NC(=O)c3ccc(Br)cc3)n2)cc1. The number of anilines is 1. The van der Waals surface area contributed by atoms with E-state index in [9.17, 15) is 4.79 Å². The Hall–Kier alpha value is -2.25. The zero-order chi connectivity index (χ0) is 16.2. The van der Waals surface area contributed by atoms with Gasteiger partial charge in [-0.1, -0.05) is 15.9 Å². The lowest BCUT2D eigenvalue weighted by atomic mass is 10.2. The highest BCUT2D eigenvalue weighted by Crippen LogP contribution is 2.23. The third-order valence-corrected chi connectivity index (χ3v) is 4.26. The fourth-order valence-electron chi connectivity index (χ4n) is 1.90. The first kappa shape index (κ1) is 15.6. The molecule has 0 aliphatic heterocycles. The van der Waals surface area contributed by atoms with Crippen molar-refractivity contribution in [1.82, 2.24) is 9.36 Å². The number of carbonyl (C=O) groups excluding carboxylic acids is 1. The summed E-state index contributed by atoms with van der Waals surface area (Å²) in [4.78, 5) is 16.5. The van der Waals surface area contributed by atoms with Gasteiger partial charge >= 0.3 is 0 Å². The number of amides is 1. The van der Waals surface area contributed by atoms with Crippen LogP contribution in [0.5, 0.6) is 5.75 Å². The smallest absolute Gasteiger partial charge is 0.257 e. The van der Waals surface area contributed by atoms with Crippen LogP contribution in [0.25, 0.3) is 11.4 Å². The predicted octanol–water partition coefficient (Wildman–Crippen LogP) is 4.23.